The van der Waals surface area contributed by atoms with Gasteiger partial charge in [0.2, 0.25) is 5.91 Å². The van der Waals surface area contributed by atoms with Crippen molar-refractivity contribution >= 4 is 23.3 Å². The summed E-state index contributed by atoms with van der Waals surface area (Å²) in [5.41, 5.74) is 1.29. The lowest BCUT2D eigenvalue weighted by Crippen LogP contribution is -2.39. The van der Waals surface area contributed by atoms with Gasteiger partial charge in [-0.05, 0) is 24.3 Å². The maximum atomic E-state index is 12.5. The monoisotopic (exact) mass is 383 g/mol. The van der Waals surface area contributed by atoms with Crippen molar-refractivity contribution in [3.63, 3.8) is 0 Å². The Morgan fingerprint density at radius 1 is 1.14 bits per heavy atom. The van der Waals surface area contributed by atoms with Crippen LogP contribution in [0.5, 0.6) is 17.2 Å². The minimum Gasteiger partial charge on any atom is -0.495 e. The molecule has 1 atom stereocenters. The minimum atomic E-state index is -0.383. The molecule has 0 aliphatic carbocycles. The van der Waals surface area contributed by atoms with Crippen molar-refractivity contribution in [2.24, 2.45) is 0 Å². The maximum absolute atomic E-state index is 12.5. The highest BCUT2D eigenvalue weighted by molar-refractivity contribution is 5.98. The molecular formula is C20H21N3O5. The van der Waals surface area contributed by atoms with E-state index in [1.54, 1.807) is 42.3 Å². The zero-order valence-electron chi connectivity index (χ0n) is 15.4. The number of amides is 3. The number of nitrogens with one attached hydrogen (secondary N) is 2. The lowest BCUT2D eigenvalue weighted by atomic mass is 10.2. The summed E-state index contributed by atoms with van der Waals surface area (Å²) in [7, 11) is 1.54. The van der Waals surface area contributed by atoms with Crippen LogP contribution in [-0.4, -0.2) is 44.8 Å². The maximum Gasteiger partial charge on any atom is 0.319 e. The van der Waals surface area contributed by atoms with Gasteiger partial charge >= 0.3 is 6.03 Å². The van der Waals surface area contributed by atoms with Crippen molar-refractivity contribution in [2.45, 2.75) is 12.5 Å². The quantitative estimate of drug-likeness (QED) is 0.846. The first-order chi connectivity index (χ1) is 13.6. The number of nitrogens with zero attached hydrogens (tertiary/aromatic N) is 1. The van der Waals surface area contributed by atoms with Crippen LogP contribution in [0.25, 0.3) is 0 Å². The normalized spacial score (nSPS) is 18.0. The Labute approximate surface area is 162 Å². The summed E-state index contributed by atoms with van der Waals surface area (Å²) in [5.74, 6) is 1.81. The van der Waals surface area contributed by atoms with E-state index in [2.05, 4.69) is 10.6 Å². The smallest absolute Gasteiger partial charge is 0.319 e. The molecule has 2 heterocycles. The number of fused-ring (bicyclic) bond motifs is 1. The average Bonchev–Trinajstić information content (AvgIpc) is 3.07. The van der Waals surface area contributed by atoms with Crippen molar-refractivity contribution in [1.29, 1.82) is 0 Å². The molecule has 3 amide bonds. The number of ether oxygens (including phenoxy) is 3. The molecule has 8 nitrogen and oxygen atoms in total. The van der Waals surface area contributed by atoms with Crippen molar-refractivity contribution in [1.82, 2.24) is 5.32 Å². The summed E-state index contributed by atoms with van der Waals surface area (Å²) in [6.45, 7) is 1.39. The molecule has 2 aliphatic heterocycles. The number of methoxy groups -OCH3 is 1. The highest BCUT2D eigenvalue weighted by Gasteiger charge is 2.32. The molecule has 2 N–H and O–H groups in total. The van der Waals surface area contributed by atoms with Crippen LogP contribution >= 0.6 is 0 Å². The Balaban J connectivity index is 1.40. The zero-order chi connectivity index (χ0) is 19.5. The zero-order valence-corrected chi connectivity index (χ0v) is 15.4. The number of hydrogen-bond donors (Lipinski definition) is 2. The fourth-order valence-electron chi connectivity index (χ4n) is 3.35. The van der Waals surface area contributed by atoms with Gasteiger partial charge in [0.05, 0.1) is 18.8 Å². The van der Waals surface area contributed by atoms with E-state index in [1.807, 2.05) is 12.1 Å². The molecule has 28 heavy (non-hydrogen) atoms. The standard InChI is InChI=1S/C20H21N3O5/c1-26-16-5-3-2-4-15(16)22-20(25)21-13-10-19(24)23(12-13)14-6-7-17-18(11-14)28-9-8-27-17/h2-7,11,13H,8-10,12H2,1H3,(H2,21,22,25)/t13-/m1/s1. The van der Waals surface area contributed by atoms with Gasteiger partial charge in [-0.1, -0.05) is 12.1 Å². The third kappa shape index (κ3) is 3.66. The van der Waals surface area contributed by atoms with Crippen LogP contribution in [0, 0.1) is 0 Å². The molecule has 0 unspecified atom stereocenters. The highest BCUT2D eigenvalue weighted by Crippen LogP contribution is 2.35. The molecular weight excluding hydrogens is 362 g/mol. The summed E-state index contributed by atoms with van der Waals surface area (Å²) in [5, 5.41) is 5.60. The minimum absolute atomic E-state index is 0.0562. The number of para-hydroxylation sites is 2. The molecule has 2 aliphatic rings. The molecule has 1 saturated heterocycles. The Bertz CT molecular complexity index is 901. The first kappa shape index (κ1) is 18.0. The molecule has 0 bridgehead atoms. The first-order valence-corrected chi connectivity index (χ1v) is 9.04. The molecule has 0 radical (unpaired) electrons. The van der Waals surface area contributed by atoms with Gasteiger partial charge in [-0.15, -0.1) is 0 Å². The van der Waals surface area contributed by atoms with Gasteiger partial charge in [0.15, 0.2) is 11.5 Å². The van der Waals surface area contributed by atoms with Crippen LogP contribution in [0.15, 0.2) is 42.5 Å². The number of hydrogen-bond acceptors (Lipinski definition) is 5. The lowest BCUT2D eigenvalue weighted by molar-refractivity contribution is -0.117. The van der Waals surface area contributed by atoms with Crippen LogP contribution < -0.4 is 29.7 Å². The van der Waals surface area contributed by atoms with Crippen molar-refractivity contribution in [2.75, 3.05) is 37.1 Å². The Morgan fingerprint density at radius 2 is 1.93 bits per heavy atom. The molecule has 8 heteroatoms. The van der Waals surface area contributed by atoms with Crippen molar-refractivity contribution in [3.05, 3.63) is 42.5 Å². The number of rotatable bonds is 4. The van der Waals surface area contributed by atoms with E-state index in [-0.39, 0.29) is 24.4 Å². The summed E-state index contributed by atoms with van der Waals surface area (Å²) < 4.78 is 16.3. The summed E-state index contributed by atoms with van der Waals surface area (Å²) in [4.78, 5) is 26.4. The van der Waals surface area contributed by atoms with Gasteiger partial charge < -0.3 is 29.7 Å². The predicted molar refractivity (Wildman–Crippen MR) is 103 cm³/mol. The summed E-state index contributed by atoms with van der Waals surface area (Å²) in [6, 6.07) is 11.9. The second-order valence-electron chi connectivity index (χ2n) is 6.53. The van der Waals surface area contributed by atoms with Gasteiger partial charge in [-0.25, -0.2) is 4.79 Å². The van der Waals surface area contributed by atoms with Crippen LogP contribution in [0.4, 0.5) is 16.2 Å². The molecule has 146 valence electrons. The number of carbonyl (C=O) groups is 2. The third-order valence-electron chi connectivity index (χ3n) is 4.65. The molecule has 4 rings (SSSR count). The van der Waals surface area contributed by atoms with Crippen LogP contribution in [0.3, 0.4) is 0 Å². The van der Waals surface area contributed by atoms with Crippen LogP contribution in [0.1, 0.15) is 6.42 Å². The van der Waals surface area contributed by atoms with E-state index in [9.17, 15) is 9.59 Å². The van der Waals surface area contributed by atoms with E-state index in [0.29, 0.717) is 42.7 Å². The highest BCUT2D eigenvalue weighted by atomic mass is 16.6. The van der Waals surface area contributed by atoms with E-state index in [0.717, 1.165) is 5.69 Å². The molecule has 0 aromatic heterocycles. The van der Waals surface area contributed by atoms with E-state index >= 15 is 0 Å². The van der Waals surface area contributed by atoms with Gasteiger partial charge in [-0.2, -0.15) is 0 Å². The number of benzene rings is 2. The largest absolute Gasteiger partial charge is 0.495 e. The van der Waals surface area contributed by atoms with Gasteiger partial charge in [0.25, 0.3) is 0 Å². The Morgan fingerprint density at radius 3 is 2.75 bits per heavy atom. The first-order valence-electron chi connectivity index (χ1n) is 9.04. The fourth-order valence-corrected chi connectivity index (χ4v) is 3.35. The fraction of sp³-hybridized carbons (Fsp3) is 0.300. The van der Waals surface area contributed by atoms with Crippen molar-refractivity contribution in [3.8, 4) is 17.2 Å². The topological polar surface area (TPSA) is 89.1 Å². The van der Waals surface area contributed by atoms with Gasteiger partial charge in [-0.3, -0.25) is 4.79 Å². The lowest BCUT2D eigenvalue weighted by Gasteiger charge is -2.22. The van der Waals surface area contributed by atoms with Gasteiger partial charge in [0, 0.05) is 24.7 Å². The predicted octanol–water partition coefficient (Wildman–Crippen LogP) is 2.39. The molecule has 2 aromatic rings. The number of anilines is 2. The van der Waals surface area contributed by atoms with Crippen molar-refractivity contribution < 1.29 is 23.8 Å². The van der Waals surface area contributed by atoms with Crippen LogP contribution in [-0.2, 0) is 4.79 Å². The summed E-state index contributed by atoms with van der Waals surface area (Å²) in [6.07, 6.45) is 0.230. The molecule has 0 saturated carbocycles. The third-order valence-corrected chi connectivity index (χ3v) is 4.65. The Kier molecular flexibility index (Phi) is 4.92. The molecule has 1 fully saturated rings. The second kappa shape index (κ2) is 7.67. The Hall–Kier alpha value is -3.42. The van der Waals surface area contributed by atoms with E-state index in [1.165, 1.54) is 0 Å². The number of urea groups is 1. The average molecular weight is 383 g/mol. The van der Waals surface area contributed by atoms with Gasteiger partial charge in [0.1, 0.15) is 19.0 Å². The van der Waals surface area contributed by atoms with Crippen LogP contribution in [0.2, 0.25) is 0 Å². The number of carbonyl (C=O) groups excluding carboxylic acids is 2. The second-order valence-corrected chi connectivity index (χ2v) is 6.53. The SMILES string of the molecule is COc1ccccc1NC(=O)N[C@@H]1CC(=O)N(c2ccc3c(c2)OCCO3)C1. The molecule has 0 spiro atoms. The van der Waals surface area contributed by atoms with E-state index < -0.39 is 0 Å². The summed E-state index contributed by atoms with van der Waals surface area (Å²) >= 11 is 0. The van der Waals surface area contributed by atoms with E-state index in [4.69, 9.17) is 14.2 Å². The molecule has 2 aromatic carbocycles.